The third-order valence-corrected chi connectivity index (χ3v) is 1.46. The van der Waals surface area contributed by atoms with E-state index in [1.807, 2.05) is 0 Å². The van der Waals surface area contributed by atoms with E-state index in [0.29, 0.717) is 13.0 Å². The zero-order valence-electron chi connectivity index (χ0n) is 7.46. The smallest absolute Gasteiger partial charge is 0.0861 e. The maximum Gasteiger partial charge on any atom is 0.0861 e. The molecule has 0 aliphatic carbocycles. The highest BCUT2D eigenvalue weighted by molar-refractivity contribution is 4.59. The minimum atomic E-state index is -0.422. The third kappa shape index (κ3) is 7.55. The van der Waals surface area contributed by atoms with E-state index in [4.69, 9.17) is 20.5 Å². The summed E-state index contributed by atoms with van der Waals surface area (Å²) < 4.78 is 5.17. The van der Waals surface area contributed by atoms with Crippen LogP contribution in [0, 0.1) is 0 Å². The summed E-state index contributed by atoms with van der Waals surface area (Å²) >= 11 is 0. The lowest BCUT2D eigenvalue weighted by Gasteiger charge is -2.11. The SMILES string of the molecule is [N-]=[N+]=NCC(CO)OCCCCO. The van der Waals surface area contributed by atoms with Gasteiger partial charge in [0.05, 0.1) is 19.3 Å². The van der Waals surface area contributed by atoms with Crippen LogP contribution in [-0.2, 0) is 4.74 Å². The summed E-state index contributed by atoms with van der Waals surface area (Å²) in [4.78, 5) is 2.56. The fraction of sp³-hybridized carbons (Fsp3) is 1.00. The van der Waals surface area contributed by atoms with Crippen LogP contribution in [0.15, 0.2) is 5.11 Å². The summed E-state index contributed by atoms with van der Waals surface area (Å²) in [6, 6.07) is 0. The molecule has 13 heavy (non-hydrogen) atoms. The van der Waals surface area contributed by atoms with Gasteiger partial charge in [-0.25, -0.2) is 0 Å². The summed E-state index contributed by atoms with van der Waals surface area (Å²) in [5.74, 6) is 0. The molecule has 0 aliphatic rings. The zero-order chi connectivity index (χ0) is 9.94. The van der Waals surface area contributed by atoms with Gasteiger partial charge >= 0.3 is 0 Å². The molecule has 0 rings (SSSR count). The second kappa shape index (κ2) is 9.28. The maximum atomic E-state index is 8.75. The molecule has 0 aromatic heterocycles. The highest BCUT2D eigenvalue weighted by Crippen LogP contribution is 1.96. The van der Waals surface area contributed by atoms with Gasteiger partial charge in [0.1, 0.15) is 0 Å². The molecular formula is C7H15N3O3. The lowest BCUT2D eigenvalue weighted by atomic mass is 10.3. The molecule has 1 atom stereocenters. The Labute approximate surface area is 76.8 Å². The predicted molar refractivity (Wildman–Crippen MR) is 47.2 cm³/mol. The van der Waals surface area contributed by atoms with Crippen molar-refractivity contribution in [3.63, 3.8) is 0 Å². The van der Waals surface area contributed by atoms with Gasteiger partial charge in [-0.15, -0.1) is 0 Å². The van der Waals surface area contributed by atoms with Crippen molar-refractivity contribution in [3.05, 3.63) is 10.4 Å². The van der Waals surface area contributed by atoms with Gasteiger partial charge in [-0.3, -0.25) is 0 Å². The molecule has 0 heterocycles. The van der Waals surface area contributed by atoms with E-state index in [-0.39, 0.29) is 19.8 Å². The van der Waals surface area contributed by atoms with E-state index < -0.39 is 6.10 Å². The van der Waals surface area contributed by atoms with Crippen LogP contribution < -0.4 is 0 Å². The Kier molecular flexibility index (Phi) is 8.70. The molecule has 1 unspecified atom stereocenters. The minimum Gasteiger partial charge on any atom is -0.396 e. The Bertz CT molecular complexity index is 159. The Morgan fingerprint density at radius 2 is 2.15 bits per heavy atom. The van der Waals surface area contributed by atoms with Gasteiger partial charge in [0.15, 0.2) is 0 Å². The molecule has 0 saturated carbocycles. The summed E-state index contributed by atoms with van der Waals surface area (Å²) in [7, 11) is 0. The summed E-state index contributed by atoms with van der Waals surface area (Å²) in [5, 5.41) is 20.5. The van der Waals surface area contributed by atoms with Gasteiger partial charge in [-0.05, 0) is 18.4 Å². The molecule has 2 N–H and O–H groups in total. The maximum absolute atomic E-state index is 8.75. The quantitative estimate of drug-likeness (QED) is 0.251. The third-order valence-electron chi connectivity index (χ3n) is 1.46. The Balaban J connectivity index is 3.41. The molecule has 0 aliphatic heterocycles. The van der Waals surface area contributed by atoms with E-state index in [1.165, 1.54) is 0 Å². The van der Waals surface area contributed by atoms with E-state index >= 15 is 0 Å². The molecule has 0 amide bonds. The van der Waals surface area contributed by atoms with Gasteiger partial charge in [0.2, 0.25) is 0 Å². The van der Waals surface area contributed by atoms with Crippen molar-refractivity contribution < 1.29 is 14.9 Å². The molecule has 0 saturated heterocycles. The normalized spacial score (nSPS) is 12.2. The van der Waals surface area contributed by atoms with Crippen LogP contribution in [0.1, 0.15) is 12.8 Å². The Morgan fingerprint density at radius 1 is 1.38 bits per heavy atom. The van der Waals surface area contributed by atoms with E-state index in [1.54, 1.807) is 0 Å². The second-order valence-electron chi connectivity index (χ2n) is 2.52. The lowest BCUT2D eigenvalue weighted by Crippen LogP contribution is -2.21. The standard InChI is InChI=1S/C7H15N3O3/c8-10-9-5-7(6-12)13-4-2-1-3-11/h7,11-12H,1-6H2. The highest BCUT2D eigenvalue weighted by Gasteiger charge is 2.04. The minimum absolute atomic E-state index is 0.142. The number of aliphatic hydroxyl groups is 2. The first kappa shape index (κ1) is 12.2. The van der Waals surface area contributed by atoms with Crippen molar-refractivity contribution in [3.8, 4) is 0 Å². The monoisotopic (exact) mass is 189 g/mol. The fourth-order valence-corrected chi connectivity index (χ4v) is 0.755. The number of nitrogens with zero attached hydrogens (tertiary/aromatic N) is 3. The van der Waals surface area contributed by atoms with Crippen LogP contribution in [0.2, 0.25) is 0 Å². The summed E-state index contributed by atoms with van der Waals surface area (Å²) in [6.45, 7) is 0.598. The van der Waals surface area contributed by atoms with Crippen molar-refractivity contribution in [1.82, 2.24) is 0 Å². The fourth-order valence-electron chi connectivity index (χ4n) is 0.755. The first-order valence-corrected chi connectivity index (χ1v) is 4.19. The second-order valence-corrected chi connectivity index (χ2v) is 2.52. The van der Waals surface area contributed by atoms with Crippen LogP contribution in [-0.4, -0.2) is 42.7 Å². The first-order valence-electron chi connectivity index (χ1n) is 4.19. The first-order chi connectivity index (χ1) is 6.35. The number of azide groups is 1. The van der Waals surface area contributed by atoms with Gasteiger partial charge in [-0.1, -0.05) is 5.11 Å². The topological polar surface area (TPSA) is 98.5 Å². The van der Waals surface area contributed by atoms with Gasteiger partial charge in [-0.2, -0.15) is 0 Å². The molecule has 0 fully saturated rings. The average molecular weight is 189 g/mol. The number of rotatable bonds is 8. The number of hydrogen-bond acceptors (Lipinski definition) is 4. The Morgan fingerprint density at radius 3 is 2.69 bits per heavy atom. The molecular weight excluding hydrogens is 174 g/mol. The van der Waals surface area contributed by atoms with Gasteiger partial charge in [0.25, 0.3) is 0 Å². The Hall–Kier alpha value is -0.810. The molecule has 0 aromatic rings. The summed E-state index contributed by atoms with van der Waals surface area (Å²) in [5.41, 5.74) is 8.01. The van der Waals surface area contributed by atoms with E-state index in [0.717, 1.165) is 6.42 Å². The van der Waals surface area contributed by atoms with Crippen molar-refractivity contribution in [2.45, 2.75) is 18.9 Å². The molecule has 0 spiro atoms. The zero-order valence-corrected chi connectivity index (χ0v) is 7.46. The van der Waals surface area contributed by atoms with Crippen LogP contribution in [0.5, 0.6) is 0 Å². The number of hydrogen-bond donors (Lipinski definition) is 2. The van der Waals surface area contributed by atoms with E-state index in [9.17, 15) is 0 Å². The highest BCUT2D eigenvalue weighted by atomic mass is 16.5. The van der Waals surface area contributed by atoms with Crippen molar-refractivity contribution in [2.75, 3.05) is 26.4 Å². The molecule has 0 radical (unpaired) electrons. The molecule has 6 nitrogen and oxygen atoms in total. The largest absolute Gasteiger partial charge is 0.396 e. The van der Waals surface area contributed by atoms with E-state index in [2.05, 4.69) is 10.0 Å². The lowest BCUT2D eigenvalue weighted by molar-refractivity contribution is 0.0160. The van der Waals surface area contributed by atoms with Crippen LogP contribution in [0.3, 0.4) is 0 Å². The van der Waals surface area contributed by atoms with Crippen molar-refractivity contribution >= 4 is 0 Å². The van der Waals surface area contributed by atoms with Gasteiger partial charge in [0, 0.05) is 18.1 Å². The number of ether oxygens (including phenoxy) is 1. The average Bonchev–Trinajstić information content (AvgIpc) is 2.17. The van der Waals surface area contributed by atoms with Crippen LogP contribution in [0.4, 0.5) is 0 Å². The predicted octanol–water partition coefficient (Wildman–Crippen LogP) is 0.447. The van der Waals surface area contributed by atoms with Crippen molar-refractivity contribution in [1.29, 1.82) is 0 Å². The van der Waals surface area contributed by atoms with Crippen molar-refractivity contribution in [2.24, 2.45) is 5.11 Å². The van der Waals surface area contributed by atoms with Crippen LogP contribution in [0.25, 0.3) is 10.4 Å². The number of aliphatic hydroxyl groups excluding tert-OH is 2. The summed E-state index contributed by atoms with van der Waals surface area (Å²) in [6.07, 6.45) is 0.998. The van der Waals surface area contributed by atoms with Crippen LogP contribution >= 0.6 is 0 Å². The molecule has 6 heteroatoms. The van der Waals surface area contributed by atoms with Gasteiger partial charge < -0.3 is 14.9 Å². The molecule has 0 bridgehead atoms. The molecule has 76 valence electrons. The molecule has 0 aromatic carbocycles. The number of unbranched alkanes of at least 4 members (excludes halogenated alkanes) is 1.